The molecular formula is C11H12F3N. The van der Waals surface area contributed by atoms with E-state index in [1.165, 1.54) is 12.1 Å². The van der Waals surface area contributed by atoms with Crippen LogP contribution in [-0.2, 0) is 11.7 Å². The first-order valence-electron chi connectivity index (χ1n) is 4.85. The Labute approximate surface area is 86.3 Å². The lowest BCUT2D eigenvalue weighted by Crippen LogP contribution is -2.24. The van der Waals surface area contributed by atoms with Gasteiger partial charge in [0, 0.05) is 5.54 Å². The molecule has 0 aliphatic heterocycles. The molecule has 1 N–H and O–H groups in total. The van der Waals surface area contributed by atoms with Gasteiger partial charge in [0.1, 0.15) is 0 Å². The van der Waals surface area contributed by atoms with Crippen molar-refractivity contribution in [3.63, 3.8) is 0 Å². The third-order valence-corrected chi connectivity index (χ3v) is 2.97. The SMILES string of the molecule is CNC1(c2cccc(C(F)(F)F)c2)CC1. The lowest BCUT2D eigenvalue weighted by Gasteiger charge is -2.16. The zero-order chi connectivity index (χ0) is 11.1. The van der Waals surface area contributed by atoms with Gasteiger partial charge in [-0.3, -0.25) is 0 Å². The second-order valence-corrected chi connectivity index (χ2v) is 3.91. The monoisotopic (exact) mass is 215 g/mol. The summed E-state index contributed by atoms with van der Waals surface area (Å²) in [7, 11) is 1.78. The largest absolute Gasteiger partial charge is 0.416 e. The number of benzene rings is 1. The number of hydrogen-bond acceptors (Lipinski definition) is 1. The summed E-state index contributed by atoms with van der Waals surface area (Å²) in [6, 6.07) is 5.56. The average Bonchev–Trinajstić information content (AvgIpc) is 2.97. The van der Waals surface area contributed by atoms with E-state index in [4.69, 9.17) is 0 Å². The Hall–Kier alpha value is -1.03. The normalized spacial score (nSPS) is 18.9. The van der Waals surface area contributed by atoms with Crippen LogP contribution in [0.5, 0.6) is 0 Å². The summed E-state index contributed by atoms with van der Waals surface area (Å²) in [6.45, 7) is 0. The minimum Gasteiger partial charge on any atom is -0.310 e. The highest BCUT2D eigenvalue weighted by Crippen LogP contribution is 2.46. The molecular weight excluding hydrogens is 203 g/mol. The van der Waals surface area contributed by atoms with Crippen LogP contribution in [-0.4, -0.2) is 7.05 Å². The molecule has 2 rings (SSSR count). The summed E-state index contributed by atoms with van der Waals surface area (Å²) in [5, 5.41) is 3.08. The van der Waals surface area contributed by atoms with Crippen LogP contribution in [0, 0.1) is 0 Å². The summed E-state index contributed by atoms with van der Waals surface area (Å²) in [4.78, 5) is 0. The number of hydrogen-bond donors (Lipinski definition) is 1. The molecule has 0 amide bonds. The highest BCUT2D eigenvalue weighted by molar-refractivity contribution is 5.34. The molecule has 0 bridgehead atoms. The molecule has 1 aromatic rings. The molecule has 0 atom stereocenters. The number of nitrogens with one attached hydrogen (secondary N) is 1. The fourth-order valence-corrected chi connectivity index (χ4v) is 1.80. The van der Waals surface area contributed by atoms with E-state index in [2.05, 4.69) is 5.32 Å². The summed E-state index contributed by atoms with van der Waals surface area (Å²) in [5.41, 5.74) is -0.0392. The van der Waals surface area contributed by atoms with Crippen LogP contribution in [0.15, 0.2) is 24.3 Å². The van der Waals surface area contributed by atoms with Gasteiger partial charge in [0.05, 0.1) is 5.56 Å². The molecule has 1 aliphatic rings. The predicted octanol–water partition coefficient (Wildman–Crippen LogP) is 2.91. The maximum absolute atomic E-state index is 12.5. The third kappa shape index (κ3) is 1.86. The Morgan fingerprint density at radius 2 is 1.93 bits per heavy atom. The van der Waals surface area contributed by atoms with Gasteiger partial charge in [-0.05, 0) is 37.6 Å². The fourth-order valence-electron chi connectivity index (χ4n) is 1.80. The first kappa shape index (κ1) is 10.5. The van der Waals surface area contributed by atoms with E-state index in [1.54, 1.807) is 13.1 Å². The van der Waals surface area contributed by atoms with Gasteiger partial charge in [0.15, 0.2) is 0 Å². The molecule has 0 heterocycles. The molecule has 1 aromatic carbocycles. The summed E-state index contributed by atoms with van der Waals surface area (Å²) < 4.78 is 37.4. The van der Waals surface area contributed by atoms with Crippen molar-refractivity contribution < 1.29 is 13.2 Å². The highest BCUT2D eigenvalue weighted by atomic mass is 19.4. The van der Waals surface area contributed by atoms with Crippen LogP contribution in [0.2, 0.25) is 0 Å². The average molecular weight is 215 g/mol. The van der Waals surface area contributed by atoms with E-state index in [9.17, 15) is 13.2 Å². The van der Waals surface area contributed by atoms with E-state index >= 15 is 0 Å². The van der Waals surface area contributed by atoms with Gasteiger partial charge in [0.2, 0.25) is 0 Å². The predicted molar refractivity (Wildman–Crippen MR) is 51.4 cm³/mol. The van der Waals surface area contributed by atoms with Crippen molar-refractivity contribution in [3.05, 3.63) is 35.4 Å². The van der Waals surface area contributed by atoms with E-state index in [0.717, 1.165) is 24.5 Å². The Morgan fingerprint density at radius 1 is 1.27 bits per heavy atom. The number of halogens is 3. The van der Waals surface area contributed by atoms with Gasteiger partial charge in [-0.2, -0.15) is 13.2 Å². The van der Waals surface area contributed by atoms with Crippen molar-refractivity contribution in [2.75, 3.05) is 7.05 Å². The van der Waals surface area contributed by atoms with Crippen molar-refractivity contribution >= 4 is 0 Å². The van der Waals surface area contributed by atoms with Crippen LogP contribution < -0.4 is 5.32 Å². The van der Waals surface area contributed by atoms with Crippen LogP contribution in [0.4, 0.5) is 13.2 Å². The molecule has 0 aromatic heterocycles. The summed E-state index contributed by atoms with van der Waals surface area (Å²) >= 11 is 0. The lowest BCUT2D eigenvalue weighted by atomic mass is 10.0. The summed E-state index contributed by atoms with van der Waals surface area (Å²) in [6.07, 6.45) is -2.44. The third-order valence-electron chi connectivity index (χ3n) is 2.97. The first-order valence-corrected chi connectivity index (χ1v) is 4.85. The van der Waals surface area contributed by atoms with Crippen molar-refractivity contribution in [1.82, 2.24) is 5.32 Å². The van der Waals surface area contributed by atoms with E-state index in [0.29, 0.717) is 0 Å². The molecule has 0 unspecified atom stereocenters. The topological polar surface area (TPSA) is 12.0 Å². The molecule has 4 heteroatoms. The minimum atomic E-state index is -4.25. The van der Waals surface area contributed by atoms with Gasteiger partial charge in [-0.1, -0.05) is 12.1 Å². The van der Waals surface area contributed by atoms with Crippen LogP contribution in [0.25, 0.3) is 0 Å². The standard InChI is InChI=1S/C11H12F3N/c1-15-10(5-6-10)8-3-2-4-9(7-8)11(12,13)14/h2-4,7,15H,5-6H2,1H3. The maximum atomic E-state index is 12.5. The zero-order valence-corrected chi connectivity index (χ0v) is 8.36. The molecule has 0 spiro atoms. The second-order valence-electron chi connectivity index (χ2n) is 3.91. The van der Waals surface area contributed by atoms with Gasteiger partial charge >= 0.3 is 6.18 Å². The molecule has 15 heavy (non-hydrogen) atoms. The molecule has 1 fully saturated rings. The van der Waals surface area contributed by atoms with E-state index in [1.807, 2.05) is 0 Å². The molecule has 0 radical (unpaired) electrons. The molecule has 1 aliphatic carbocycles. The zero-order valence-electron chi connectivity index (χ0n) is 8.36. The van der Waals surface area contributed by atoms with E-state index < -0.39 is 11.7 Å². The molecule has 82 valence electrons. The Morgan fingerprint density at radius 3 is 2.40 bits per heavy atom. The highest BCUT2D eigenvalue weighted by Gasteiger charge is 2.43. The number of rotatable bonds is 2. The molecule has 0 saturated heterocycles. The second kappa shape index (κ2) is 3.23. The minimum absolute atomic E-state index is 0.207. The Kier molecular flexibility index (Phi) is 2.26. The van der Waals surface area contributed by atoms with Gasteiger partial charge < -0.3 is 5.32 Å². The first-order chi connectivity index (χ1) is 6.98. The van der Waals surface area contributed by atoms with Crippen molar-refractivity contribution in [2.45, 2.75) is 24.6 Å². The van der Waals surface area contributed by atoms with Crippen LogP contribution in [0.3, 0.4) is 0 Å². The Bertz CT molecular complexity index is 366. The smallest absolute Gasteiger partial charge is 0.310 e. The van der Waals surface area contributed by atoms with Crippen molar-refractivity contribution in [3.8, 4) is 0 Å². The molecule has 1 saturated carbocycles. The van der Waals surface area contributed by atoms with Gasteiger partial charge in [-0.15, -0.1) is 0 Å². The maximum Gasteiger partial charge on any atom is 0.416 e. The quantitative estimate of drug-likeness (QED) is 0.799. The van der Waals surface area contributed by atoms with Crippen molar-refractivity contribution in [2.24, 2.45) is 0 Å². The Balaban J connectivity index is 2.35. The number of alkyl halides is 3. The summed E-state index contributed by atoms with van der Waals surface area (Å²) in [5.74, 6) is 0. The van der Waals surface area contributed by atoms with Gasteiger partial charge in [-0.25, -0.2) is 0 Å². The molecule has 1 nitrogen and oxygen atoms in total. The van der Waals surface area contributed by atoms with Crippen LogP contribution >= 0.6 is 0 Å². The van der Waals surface area contributed by atoms with Crippen molar-refractivity contribution in [1.29, 1.82) is 0 Å². The fraction of sp³-hybridized carbons (Fsp3) is 0.455. The lowest BCUT2D eigenvalue weighted by molar-refractivity contribution is -0.137. The van der Waals surface area contributed by atoms with Gasteiger partial charge in [0.25, 0.3) is 0 Å². The van der Waals surface area contributed by atoms with E-state index in [-0.39, 0.29) is 5.54 Å². The van der Waals surface area contributed by atoms with Crippen LogP contribution in [0.1, 0.15) is 24.0 Å².